The second-order valence-electron chi connectivity index (χ2n) is 7.83. The molecule has 6 heteroatoms. The second-order valence-corrected chi connectivity index (χ2v) is 8.61. The molecule has 0 radical (unpaired) electrons. The summed E-state index contributed by atoms with van der Waals surface area (Å²) in [6.07, 6.45) is 5.74. The van der Waals surface area contributed by atoms with Gasteiger partial charge in [-0.1, -0.05) is 29.3 Å². The Labute approximate surface area is 166 Å². The van der Waals surface area contributed by atoms with E-state index in [0.717, 1.165) is 44.3 Å². The normalized spacial score (nSPS) is 27.2. The standard InChI is InChI=1S/C20H27Cl2N3O/c1-15-13-25(26-14-15)17-11-16(12-17)5-6-23-7-9-24(10-8-23)19-4-2-3-18(21)20(19)22/h2-4,14,16-17H,5-13H2,1H3. The van der Waals surface area contributed by atoms with Gasteiger partial charge < -0.3 is 9.74 Å². The Balaban J connectivity index is 1.17. The zero-order chi connectivity index (χ0) is 18.1. The Morgan fingerprint density at radius 3 is 2.58 bits per heavy atom. The molecule has 2 aliphatic heterocycles. The molecule has 0 bridgehead atoms. The fraction of sp³-hybridized carbons (Fsp3) is 0.600. The number of hydrogen-bond donors (Lipinski definition) is 0. The molecule has 1 saturated carbocycles. The van der Waals surface area contributed by atoms with Crippen molar-refractivity contribution in [3.8, 4) is 0 Å². The van der Waals surface area contributed by atoms with Gasteiger partial charge in [0, 0.05) is 32.2 Å². The predicted octanol–water partition coefficient (Wildman–Crippen LogP) is 4.44. The zero-order valence-electron chi connectivity index (χ0n) is 15.3. The molecule has 0 atom stereocenters. The van der Waals surface area contributed by atoms with Crippen LogP contribution < -0.4 is 4.90 Å². The molecular weight excluding hydrogens is 369 g/mol. The molecule has 0 unspecified atom stereocenters. The number of piperazine rings is 1. The van der Waals surface area contributed by atoms with Crippen molar-refractivity contribution in [2.45, 2.75) is 32.2 Å². The first-order valence-electron chi connectivity index (χ1n) is 9.60. The summed E-state index contributed by atoms with van der Waals surface area (Å²) in [6, 6.07) is 6.51. The summed E-state index contributed by atoms with van der Waals surface area (Å²) in [6.45, 7) is 8.53. The summed E-state index contributed by atoms with van der Waals surface area (Å²) in [5, 5.41) is 3.47. The molecule has 1 aliphatic carbocycles. The van der Waals surface area contributed by atoms with E-state index in [-0.39, 0.29) is 0 Å². The van der Waals surface area contributed by atoms with Gasteiger partial charge in [0.25, 0.3) is 0 Å². The molecule has 3 aliphatic rings. The summed E-state index contributed by atoms with van der Waals surface area (Å²) in [7, 11) is 0. The summed E-state index contributed by atoms with van der Waals surface area (Å²) in [4.78, 5) is 10.6. The molecule has 26 heavy (non-hydrogen) atoms. The van der Waals surface area contributed by atoms with Crippen molar-refractivity contribution in [2.75, 3.05) is 44.2 Å². The molecule has 1 saturated heterocycles. The van der Waals surface area contributed by atoms with Crippen LogP contribution in [-0.2, 0) is 4.84 Å². The molecule has 0 N–H and O–H groups in total. The molecule has 1 aromatic carbocycles. The monoisotopic (exact) mass is 395 g/mol. The number of anilines is 1. The third-order valence-corrected chi connectivity index (χ3v) is 6.72. The Morgan fingerprint density at radius 1 is 1.12 bits per heavy atom. The molecular formula is C20H27Cl2N3O. The zero-order valence-corrected chi connectivity index (χ0v) is 16.8. The minimum absolute atomic E-state index is 0.621. The quantitative estimate of drug-likeness (QED) is 0.733. The third kappa shape index (κ3) is 3.99. The first-order chi connectivity index (χ1) is 12.6. The highest BCUT2D eigenvalue weighted by atomic mass is 35.5. The first kappa shape index (κ1) is 18.4. The topological polar surface area (TPSA) is 19.0 Å². The Morgan fingerprint density at radius 2 is 1.88 bits per heavy atom. The number of benzene rings is 1. The van der Waals surface area contributed by atoms with Crippen molar-refractivity contribution < 1.29 is 4.84 Å². The van der Waals surface area contributed by atoms with Gasteiger partial charge in [0.2, 0.25) is 0 Å². The van der Waals surface area contributed by atoms with E-state index < -0.39 is 0 Å². The molecule has 4 rings (SSSR count). The highest BCUT2D eigenvalue weighted by molar-refractivity contribution is 6.43. The largest absolute Gasteiger partial charge is 0.413 e. The molecule has 0 amide bonds. The van der Waals surface area contributed by atoms with Crippen LogP contribution in [0, 0.1) is 5.92 Å². The number of rotatable bonds is 5. The lowest BCUT2D eigenvalue weighted by Gasteiger charge is -2.41. The van der Waals surface area contributed by atoms with Crippen LogP contribution in [0.2, 0.25) is 10.0 Å². The van der Waals surface area contributed by atoms with Crippen LogP contribution in [0.5, 0.6) is 0 Å². The van der Waals surface area contributed by atoms with E-state index in [1.165, 1.54) is 31.4 Å². The smallest absolute Gasteiger partial charge is 0.111 e. The number of nitrogens with zero attached hydrogens (tertiary/aromatic N) is 3. The van der Waals surface area contributed by atoms with Crippen LogP contribution in [0.15, 0.2) is 30.0 Å². The first-order valence-corrected chi connectivity index (χ1v) is 10.4. The van der Waals surface area contributed by atoms with Gasteiger partial charge in [-0.3, -0.25) is 4.90 Å². The maximum atomic E-state index is 6.36. The lowest BCUT2D eigenvalue weighted by atomic mass is 9.78. The van der Waals surface area contributed by atoms with E-state index >= 15 is 0 Å². The average molecular weight is 396 g/mol. The van der Waals surface area contributed by atoms with Gasteiger partial charge in [0.05, 0.1) is 22.3 Å². The van der Waals surface area contributed by atoms with Gasteiger partial charge in [-0.2, -0.15) is 0 Å². The van der Waals surface area contributed by atoms with E-state index in [4.69, 9.17) is 28.0 Å². The van der Waals surface area contributed by atoms with Crippen molar-refractivity contribution in [1.29, 1.82) is 0 Å². The Hall–Kier alpha value is -0.940. The van der Waals surface area contributed by atoms with E-state index in [1.807, 2.05) is 18.4 Å². The third-order valence-electron chi connectivity index (χ3n) is 5.91. The minimum Gasteiger partial charge on any atom is -0.413 e. The van der Waals surface area contributed by atoms with Crippen molar-refractivity contribution >= 4 is 28.9 Å². The maximum absolute atomic E-state index is 6.36. The van der Waals surface area contributed by atoms with Gasteiger partial charge in [0.1, 0.15) is 6.26 Å². The molecule has 0 aromatic heterocycles. The van der Waals surface area contributed by atoms with Crippen LogP contribution in [0.3, 0.4) is 0 Å². The molecule has 1 aromatic rings. The fourth-order valence-corrected chi connectivity index (χ4v) is 4.59. The van der Waals surface area contributed by atoms with E-state index in [0.29, 0.717) is 16.1 Å². The van der Waals surface area contributed by atoms with Gasteiger partial charge in [-0.05, 0) is 56.4 Å². The van der Waals surface area contributed by atoms with Crippen LogP contribution >= 0.6 is 23.2 Å². The van der Waals surface area contributed by atoms with Crippen molar-refractivity contribution in [3.05, 3.63) is 40.1 Å². The highest BCUT2D eigenvalue weighted by Crippen LogP contribution is 2.36. The minimum atomic E-state index is 0.621. The summed E-state index contributed by atoms with van der Waals surface area (Å²) in [5.74, 6) is 0.852. The Bertz CT molecular complexity index is 667. The number of hydroxylamine groups is 2. The van der Waals surface area contributed by atoms with Gasteiger partial charge in [-0.15, -0.1) is 5.06 Å². The van der Waals surface area contributed by atoms with E-state index in [9.17, 15) is 0 Å². The van der Waals surface area contributed by atoms with Crippen molar-refractivity contribution in [2.24, 2.45) is 5.92 Å². The van der Waals surface area contributed by atoms with Crippen LogP contribution in [-0.4, -0.2) is 55.3 Å². The molecule has 2 heterocycles. The van der Waals surface area contributed by atoms with Gasteiger partial charge >= 0.3 is 0 Å². The molecule has 4 nitrogen and oxygen atoms in total. The lowest BCUT2D eigenvalue weighted by molar-refractivity contribution is -0.145. The summed E-state index contributed by atoms with van der Waals surface area (Å²) < 4.78 is 0. The summed E-state index contributed by atoms with van der Waals surface area (Å²) in [5.41, 5.74) is 2.39. The van der Waals surface area contributed by atoms with E-state index in [2.05, 4.69) is 27.9 Å². The van der Waals surface area contributed by atoms with Crippen LogP contribution in [0.1, 0.15) is 26.2 Å². The van der Waals surface area contributed by atoms with Crippen LogP contribution in [0.25, 0.3) is 0 Å². The van der Waals surface area contributed by atoms with Crippen molar-refractivity contribution in [1.82, 2.24) is 9.96 Å². The fourth-order valence-electron chi connectivity index (χ4n) is 4.18. The van der Waals surface area contributed by atoms with Gasteiger partial charge in [-0.25, -0.2) is 0 Å². The van der Waals surface area contributed by atoms with Gasteiger partial charge in [0.15, 0.2) is 0 Å². The van der Waals surface area contributed by atoms with Crippen LogP contribution in [0.4, 0.5) is 5.69 Å². The molecule has 142 valence electrons. The predicted molar refractivity (Wildman–Crippen MR) is 108 cm³/mol. The highest BCUT2D eigenvalue weighted by Gasteiger charge is 2.36. The van der Waals surface area contributed by atoms with Crippen molar-refractivity contribution in [3.63, 3.8) is 0 Å². The molecule has 0 spiro atoms. The maximum Gasteiger partial charge on any atom is 0.111 e. The lowest BCUT2D eigenvalue weighted by Crippen LogP contribution is -2.48. The summed E-state index contributed by atoms with van der Waals surface area (Å²) >= 11 is 12.5. The average Bonchev–Trinajstić information content (AvgIpc) is 3.03. The molecule has 2 fully saturated rings. The van der Waals surface area contributed by atoms with E-state index in [1.54, 1.807) is 0 Å². The Kier molecular flexibility index (Phi) is 5.65. The number of halogens is 2. The number of hydrogen-bond acceptors (Lipinski definition) is 4. The second kappa shape index (κ2) is 7.97. The SMILES string of the molecule is CC1=CON(C2CC(CCN3CCN(c4cccc(Cl)c4Cl)CC3)C2)C1.